The lowest BCUT2D eigenvalue weighted by Crippen LogP contribution is -2.27. The first-order chi connectivity index (χ1) is 13.9. The van der Waals surface area contributed by atoms with Crippen LogP contribution in [0, 0.1) is 17.0 Å². The summed E-state index contributed by atoms with van der Waals surface area (Å²) in [4.78, 5) is 24.9. The molecule has 0 atom stereocenters. The third-order valence-electron chi connectivity index (χ3n) is 4.38. The van der Waals surface area contributed by atoms with E-state index in [1.807, 2.05) is 31.2 Å². The molecule has 9 nitrogen and oxygen atoms in total. The summed E-state index contributed by atoms with van der Waals surface area (Å²) in [6, 6.07) is 13.6. The Labute approximate surface area is 167 Å². The Morgan fingerprint density at radius 3 is 2.62 bits per heavy atom. The van der Waals surface area contributed by atoms with Crippen molar-refractivity contribution in [2.75, 3.05) is 13.7 Å². The second-order valence-corrected chi connectivity index (χ2v) is 6.45. The molecule has 0 unspecified atom stereocenters. The number of ether oxygens (including phenoxy) is 1. The SMILES string of the molecule is CCOc1ccc(CN(C)C(=O)c2nnn(-c3cccc([N+](=O)[O-])c3)c2C)cc1. The second-order valence-electron chi connectivity index (χ2n) is 6.45. The maximum Gasteiger partial charge on any atom is 0.276 e. The molecule has 9 heteroatoms. The Morgan fingerprint density at radius 1 is 1.24 bits per heavy atom. The highest BCUT2D eigenvalue weighted by molar-refractivity contribution is 5.93. The van der Waals surface area contributed by atoms with Gasteiger partial charge in [-0.15, -0.1) is 5.10 Å². The number of carbonyl (C=O) groups is 1. The Balaban J connectivity index is 1.77. The number of nitrogens with zero attached hydrogens (tertiary/aromatic N) is 5. The summed E-state index contributed by atoms with van der Waals surface area (Å²) in [7, 11) is 1.69. The maximum atomic E-state index is 12.8. The number of non-ortho nitro benzene ring substituents is 1. The van der Waals surface area contributed by atoms with Crippen molar-refractivity contribution in [3.8, 4) is 11.4 Å². The van der Waals surface area contributed by atoms with Crippen LogP contribution in [0.1, 0.15) is 28.7 Å². The number of hydrogen-bond acceptors (Lipinski definition) is 6. The molecule has 0 saturated carbocycles. The van der Waals surface area contributed by atoms with Crippen molar-refractivity contribution in [2.45, 2.75) is 20.4 Å². The van der Waals surface area contributed by atoms with E-state index >= 15 is 0 Å². The number of hydrogen-bond donors (Lipinski definition) is 0. The highest BCUT2D eigenvalue weighted by atomic mass is 16.6. The number of nitro benzene ring substituents is 1. The van der Waals surface area contributed by atoms with Gasteiger partial charge in [-0.25, -0.2) is 4.68 Å². The largest absolute Gasteiger partial charge is 0.494 e. The Bertz CT molecular complexity index is 1030. The molecule has 0 fully saturated rings. The molecule has 0 aliphatic rings. The van der Waals surface area contributed by atoms with Crippen molar-refractivity contribution in [3.05, 3.63) is 75.6 Å². The van der Waals surface area contributed by atoms with Crippen molar-refractivity contribution < 1.29 is 14.5 Å². The van der Waals surface area contributed by atoms with E-state index in [1.165, 1.54) is 16.8 Å². The summed E-state index contributed by atoms with van der Waals surface area (Å²) < 4.78 is 6.84. The van der Waals surface area contributed by atoms with Crippen molar-refractivity contribution in [3.63, 3.8) is 0 Å². The molecule has 150 valence electrons. The molecule has 1 amide bonds. The van der Waals surface area contributed by atoms with Crippen molar-refractivity contribution >= 4 is 11.6 Å². The van der Waals surface area contributed by atoms with Gasteiger partial charge in [0.2, 0.25) is 0 Å². The Kier molecular flexibility index (Phi) is 5.87. The third-order valence-corrected chi connectivity index (χ3v) is 4.38. The molecule has 0 N–H and O–H groups in total. The first kappa shape index (κ1) is 20.0. The molecular formula is C20H21N5O4. The van der Waals surface area contributed by atoms with Gasteiger partial charge >= 0.3 is 0 Å². The van der Waals surface area contributed by atoms with Gasteiger partial charge in [0, 0.05) is 25.7 Å². The molecular weight excluding hydrogens is 374 g/mol. The quantitative estimate of drug-likeness (QED) is 0.450. The van der Waals surface area contributed by atoms with Gasteiger partial charge in [0.05, 0.1) is 22.9 Å². The average Bonchev–Trinajstić information content (AvgIpc) is 3.10. The number of amides is 1. The summed E-state index contributed by atoms with van der Waals surface area (Å²) in [6.07, 6.45) is 0. The molecule has 1 heterocycles. The van der Waals surface area contributed by atoms with Gasteiger partial charge in [-0.1, -0.05) is 23.4 Å². The van der Waals surface area contributed by atoms with Gasteiger partial charge in [-0.05, 0) is 37.6 Å². The summed E-state index contributed by atoms with van der Waals surface area (Å²) in [5.74, 6) is 0.494. The number of carbonyl (C=O) groups excluding carboxylic acids is 1. The van der Waals surface area contributed by atoms with Crippen LogP contribution in [-0.2, 0) is 6.54 Å². The van der Waals surface area contributed by atoms with Crippen LogP contribution in [0.25, 0.3) is 5.69 Å². The van der Waals surface area contributed by atoms with E-state index in [-0.39, 0.29) is 17.3 Å². The van der Waals surface area contributed by atoms with E-state index in [0.717, 1.165) is 11.3 Å². The van der Waals surface area contributed by atoms with Crippen LogP contribution in [0.5, 0.6) is 5.75 Å². The van der Waals surface area contributed by atoms with Crippen LogP contribution in [0.3, 0.4) is 0 Å². The predicted molar refractivity (Wildman–Crippen MR) is 106 cm³/mol. The molecule has 0 bridgehead atoms. The van der Waals surface area contributed by atoms with Gasteiger partial charge < -0.3 is 9.64 Å². The van der Waals surface area contributed by atoms with E-state index in [9.17, 15) is 14.9 Å². The van der Waals surface area contributed by atoms with Gasteiger partial charge in [0.15, 0.2) is 5.69 Å². The van der Waals surface area contributed by atoms with Gasteiger partial charge in [0.25, 0.3) is 11.6 Å². The molecule has 0 saturated heterocycles. The molecule has 3 aromatic rings. The molecule has 0 aliphatic heterocycles. The topological polar surface area (TPSA) is 103 Å². The normalized spacial score (nSPS) is 10.6. The molecule has 0 radical (unpaired) electrons. The van der Waals surface area contributed by atoms with Crippen molar-refractivity contribution in [1.29, 1.82) is 0 Å². The second kappa shape index (κ2) is 8.51. The predicted octanol–water partition coefficient (Wildman–Crippen LogP) is 3.15. The maximum absolute atomic E-state index is 12.8. The number of benzene rings is 2. The first-order valence-corrected chi connectivity index (χ1v) is 9.05. The molecule has 0 aliphatic carbocycles. The van der Waals surface area contributed by atoms with E-state index in [4.69, 9.17) is 4.74 Å². The molecule has 0 spiro atoms. The summed E-state index contributed by atoms with van der Waals surface area (Å²) in [5, 5.41) is 19.0. The van der Waals surface area contributed by atoms with E-state index in [1.54, 1.807) is 31.0 Å². The minimum atomic E-state index is -0.480. The summed E-state index contributed by atoms with van der Waals surface area (Å²) in [6.45, 7) is 4.62. The average molecular weight is 395 g/mol. The highest BCUT2D eigenvalue weighted by Crippen LogP contribution is 2.19. The zero-order valence-corrected chi connectivity index (χ0v) is 16.4. The van der Waals surface area contributed by atoms with Crippen LogP contribution in [-0.4, -0.2) is 44.4 Å². The van der Waals surface area contributed by atoms with Crippen LogP contribution < -0.4 is 4.74 Å². The zero-order valence-electron chi connectivity index (χ0n) is 16.4. The van der Waals surface area contributed by atoms with Crippen LogP contribution in [0.2, 0.25) is 0 Å². The zero-order chi connectivity index (χ0) is 21.0. The van der Waals surface area contributed by atoms with Crippen molar-refractivity contribution in [2.24, 2.45) is 0 Å². The lowest BCUT2D eigenvalue weighted by Gasteiger charge is -2.16. The van der Waals surface area contributed by atoms with Crippen molar-refractivity contribution in [1.82, 2.24) is 19.9 Å². The van der Waals surface area contributed by atoms with E-state index in [0.29, 0.717) is 24.5 Å². The minimum Gasteiger partial charge on any atom is -0.494 e. The summed E-state index contributed by atoms with van der Waals surface area (Å²) >= 11 is 0. The van der Waals surface area contributed by atoms with Crippen LogP contribution in [0.4, 0.5) is 5.69 Å². The molecule has 2 aromatic carbocycles. The third kappa shape index (κ3) is 4.40. The lowest BCUT2D eigenvalue weighted by atomic mass is 10.2. The van der Waals surface area contributed by atoms with Gasteiger partial charge in [-0.2, -0.15) is 0 Å². The lowest BCUT2D eigenvalue weighted by molar-refractivity contribution is -0.384. The minimum absolute atomic E-state index is 0.0575. The van der Waals surface area contributed by atoms with Gasteiger partial charge in [-0.3, -0.25) is 14.9 Å². The number of rotatable bonds is 7. The highest BCUT2D eigenvalue weighted by Gasteiger charge is 2.21. The van der Waals surface area contributed by atoms with E-state index < -0.39 is 4.92 Å². The fraction of sp³-hybridized carbons (Fsp3) is 0.250. The molecule has 29 heavy (non-hydrogen) atoms. The van der Waals surface area contributed by atoms with Gasteiger partial charge in [0.1, 0.15) is 5.75 Å². The monoisotopic (exact) mass is 395 g/mol. The number of nitro groups is 1. The fourth-order valence-electron chi connectivity index (χ4n) is 2.89. The Morgan fingerprint density at radius 2 is 1.97 bits per heavy atom. The standard InChI is InChI=1S/C20H21N5O4/c1-4-29-18-10-8-15(9-11-18)13-23(3)20(26)19-14(2)24(22-21-19)16-6-5-7-17(12-16)25(27)28/h5-12H,4,13H2,1-3H3. The molecule has 1 aromatic heterocycles. The van der Waals surface area contributed by atoms with Crippen LogP contribution >= 0.6 is 0 Å². The molecule has 3 rings (SSSR count). The number of aromatic nitrogens is 3. The summed E-state index contributed by atoms with van der Waals surface area (Å²) in [5.41, 5.74) is 2.07. The van der Waals surface area contributed by atoms with E-state index in [2.05, 4.69) is 10.3 Å². The van der Waals surface area contributed by atoms with Crippen LogP contribution in [0.15, 0.2) is 48.5 Å². The first-order valence-electron chi connectivity index (χ1n) is 9.05. The fourth-order valence-corrected chi connectivity index (χ4v) is 2.89. The smallest absolute Gasteiger partial charge is 0.276 e. The Hall–Kier alpha value is -3.75.